The summed E-state index contributed by atoms with van der Waals surface area (Å²) in [6.45, 7) is 8.72. The molecule has 0 aromatic rings. The number of piperidine rings is 1. The van der Waals surface area contributed by atoms with Gasteiger partial charge in [0, 0.05) is 19.1 Å². The summed E-state index contributed by atoms with van der Waals surface area (Å²) < 4.78 is 0. The smallest absolute Gasteiger partial charge is 0.0217 e. The zero-order chi connectivity index (χ0) is 11.5. The fourth-order valence-electron chi connectivity index (χ4n) is 3.06. The molecular weight excluding hydrogens is 198 g/mol. The molecule has 0 amide bonds. The van der Waals surface area contributed by atoms with E-state index in [0.29, 0.717) is 0 Å². The van der Waals surface area contributed by atoms with Crippen LogP contribution in [0.2, 0.25) is 0 Å². The van der Waals surface area contributed by atoms with Gasteiger partial charge in [0.15, 0.2) is 0 Å². The average molecular weight is 225 g/mol. The van der Waals surface area contributed by atoms with E-state index in [0.717, 1.165) is 17.9 Å². The van der Waals surface area contributed by atoms with Crippen molar-refractivity contribution in [2.75, 3.05) is 46.8 Å². The lowest BCUT2D eigenvalue weighted by molar-refractivity contribution is 0.115. The molecule has 94 valence electrons. The molecule has 3 nitrogen and oxygen atoms in total. The van der Waals surface area contributed by atoms with Crippen molar-refractivity contribution in [3.8, 4) is 0 Å². The maximum absolute atomic E-state index is 3.51. The van der Waals surface area contributed by atoms with E-state index in [1.807, 2.05) is 0 Å². The molecule has 0 aromatic heterocycles. The van der Waals surface area contributed by atoms with Crippen molar-refractivity contribution in [1.29, 1.82) is 0 Å². The van der Waals surface area contributed by atoms with Crippen LogP contribution in [0, 0.1) is 11.8 Å². The van der Waals surface area contributed by atoms with Gasteiger partial charge in [-0.3, -0.25) is 0 Å². The zero-order valence-electron chi connectivity index (χ0n) is 11.1. The van der Waals surface area contributed by atoms with Gasteiger partial charge >= 0.3 is 0 Å². The zero-order valence-corrected chi connectivity index (χ0v) is 11.1. The molecule has 0 spiro atoms. The first kappa shape index (κ1) is 12.3. The largest absolute Gasteiger partial charge is 0.316 e. The van der Waals surface area contributed by atoms with Gasteiger partial charge < -0.3 is 15.1 Å². The highest BCUT2D eigenvalue weighted by Gasteiger charge is 2.28. The van der Waals surface area contributed by atoms with Crippen LogP contribution in [0.15, 0.2) is 0 Å². The van der Waals surface area contributed by atoms with Gasteiger partial charge in [-0.2, -0.15) is 0 Å². The Kier molecular flexibility index (Phi) is 4.22. The van der Waals surface area contributed by atoms with Crippen LogP contribution < -0.4 is 5.32 Å². The number of rotatable bonds is 3. The Morgan fingerprint density at radius 2 is 2.12 bits per heavy atom. The minimum atomic E-state index is 0.776. The third-order valence-electron chi connectivity index (χ3n) is 4.38. The molecule has 1 N–H and O–H groups in total. The highest BCUT2D eigenvalue weighted by Crippen LogP contribution is 2.20. The summed E-state index contributed by atoms with van der Waals surface area (Å²) in [6.07, 6.45) is 2.75. The first-order valence-electron chi connectivity index (χ1n) is 6.76. The minimum Gasteiger partial charge on any atom is -0.316 e. The molecule has 0 saturated carbocycles. The van der Waals surface area contributed by atoms with Crippen molar-refractivity contribution >= 4 is 0 Å². The highest BCUT2D eigenvalue weighted by atomic mass is 15.2. The molecule has 0 radical (unpaired) electrons. The summed E-state index contributed by atoms with van der Waals surface area (Å²) in [5, 5.41) is 3.51. The molecule has 2 fully saturated rings. The van der Waals surface area contributed by atoms with Gasteiger partial charge in [-0.15, -0.1) is 0 Å². The lowest BCUT2D eigenvalue weighted by Crippen LogP contribution is -2.47. The Morgan fingerprint density at radius 1 is 1.31 bits per heavy atom. The quantitative estimate of drug-likeness (QED) is 0.769. The van der Waals surface area contributed by atoms with Crippen LogP contribution >= 0.6 is 0 Å². The van der Waals surface area contributed by atoms with Gasteiger partial charge in [-0.25, -0.2) is 0 Å². The van der Waals surface area contributed by atoms with Crippen molar-refractivity contribution in [2.45, 2.75) is 25.8 Å². The number of likely N-dealkylation sites (tertiary alicyclic amines) is 1. The van der Waals surface area contributed by atoms with Gasteiger partial charge in [0.2, 0.25) is 0 Å². The van der Waals surface area contributed by atoms with E-state index in [9.17, 15) is 0 Å². The van der Waals surface area contributed by atoms with Crippen molar-refractivity contribution in [2.24, 2.45) is 11.8 Å². The second-order valence-corrected chi connectivity index (χ2v) is 5.91. The standard InChI is InChI=1S/C13H27N3/c1-11-7-14-8-12(11)9-16-6-4-5-13(10-16)15(2)3/h11-14H,4-10H2,1-3H3. The van der Waals surface area contributed by atoms with E-state index in [1.165, 1.54) is 45.6 Å². The van der Waals surface area contributed by atoms with Gasteiger partial charge in [-0.05, 0) is 58.4 Å². The Bertz CT molecular complexity index is 217. The van der Waals surface area contributed by atoms with E-state index >= 15 is 0 Å². The van der Waals surface area contributed by atoms with Crippen molar-refractivity contribution in [1.82, 2.24) is 15.1 Å². The second-order valence-electron chi connectivity index (χ2n) is 5.91. The first-order chi connectivity index (χ1) is 7.66. The fourth-order valence-corrected chi connectivity index (χ4v) is 3.06. The van der Waals surface area contributed by atoms with Crippen LogP contribution in [0.5, 0.6) is 0 Å². The number of hydrogen-bond donors (Lipinski definition) is 1. The molecule has 2 rings (SSSR count). The normalized spacial score (nSPS) is 37.1. The summed E-state index contributed by atoms with van der Waals surface area (Å²) in [4.78, 5) is 5.07. The number of nitrogens with zero attached hydrogens (tertiary/aromatic N) is 2. The van der Waals surface area contributed by atoms with Crippen molar-refractivity contribution < 1.29 is 0 Å². The molecule has 2 aliphatic heterocycles. The van der Waals surface area contributed by atoms with Gasteiger partial charge in [0.1, 0.15) is 0 Å². The molecule has 2 heterocycles. The van der Waals surface area contributed by atoms with Gasteiger partial charge in [-0.1, -0.05) is 6.92 Å². The molecule has 3 unspecified atom stereocenters. The van der Waals surface area contributed by atoms with E-state index in [2.05, 4.69) is 36.1 Å². The number of nitrogens with one attached hydrogen (secondary N) is 1. The monoisotopic (exact) mass is 225 g/mol. The molecule has 3 heteroatoms. The van der Waals surface area contributed by atoms with Crippen LogP contribution in [-0.4, -0.2) is 62.7 Å². The topological polar surface area (TPSA) is 18.5 Å². The van der Waals surface area contributed by atoms with Crippen molar-refractivity contribution in [3.63, 3.8) is 0 Å². The van der Waals surface area contributed by atoms with Crippen LogP contribution in [0.4, 0.5) is 0 Å². The molecule has 16 heavy (non-hydrogen) atoms. The van der Waals surface area contributed by atoms with E-state index in [1.54, 1.807) is 0 Å². The predicted octanol–water partition coefficient (Wildman–Crippen LogP) is 0.868. The summed E-state index contributed by atoms with van der Waals surface area (Å²) in [6, 6.07) is 0.776. The minimum absolute atomic E-state index is 0.776. The maximum Gasteiger partial charge on any atom is 0.0217 e. The summed E-state index contributed by atoms with van der Waals surface area (Å²) in [7, 11) is 4.43. The van der Waals surface area contributed by atoms with Gasteiger partial charge in [0.05, 0.1) is 0 Å². The second kappa shape index (κ2) is 5.48. The lowest BCUT2D eigenvalue weighted by atomic mass is 9.96. The SMILES string of the molecule is CC1CNCC1CN1CCCC(N(C)C)C1. The lowest BCUT2D eigenvalue weighted by Gasteiger charge is -2.37. The predicted molar refractivity (Wildman–Crippen MR) is 68.7 cm³/mol. The Hall–Kier alpha value is -0.120. The Morgan fingerprint density at radius 3 is 2.75 bits per heavy atom. The Labute approximate surface area is 100 Å². The number of likely N-dealkylation sites (N-methyl/N-ethyl adjacent to an activating group) is 1. The third-order valence-corrected chi connectivity index (χ3v) is 4.38. The summed E-state index contributed by atoms with van der Waals surface area (Å²) >= 11 is 0. The first-order valence-corrected chi connectivity index (χ1v) is 6.76. The van der Waals surface area contributed by atoms with Gasteiger partial charge in [0.25, 0.3) is 0 Å². The molecule has 0 aliphatic carbocycles. The molecule has 3 atom stereocenters. The maximum atomic E-state index is 3.51. The van der Waals surface area contributed by atoms with E-state index < -0.39 is 0 Å². The van der Waals surface area contributed by atoms with E-state index in [4.69, 9.17) is 0 Å². The molecular formula is C13H27N3. The van der Waals surface area contributed by atoms with Crippen molar-refractivity contribution in [3.05, 3.63) is 0 Å². The average Bonchev–Trinajstić information content (AvgIpc) is 2.65. The molecule has 2 saturated heterocycles. The highest BCUT2D eigenvalue weighted by molar-refractivity contribution is 4.84. The van der Waals surface area contributed by atoms with Crippen LogP contribution in [0.3, 0.4) is 0 Å². The molecule has 0 bridgehead atoms. The summed E-state index contributed by atoms with van der Waals surface area (Å²) in [5.74, 6) is 1.74. The van der Waals surface area contributed by atoms with Crippen LogP contribution in [-0.2, 0) is 0 Å². The van der Waals surface area contributed by atoms with E-state index in [-0.39, 0.29) is 0 Å². The number of hydrogen-bond acceptors (Lipinski definition) is 3. The Balaban J connectivity index is 1.80. The summed E-state index contributed by atoms with van der Waals surface area (Å²) in [5.41, 5.74) is 0. The molecule has 2 aliphatic rings. The fraction of sp³-hybridized carbons (Fsp3) is 1.00. The van der Waals surface area contributed by atoms with Crippen LogP contribution in [0.1, 0.15) is 19.8 Å². The third kappa shape index (κ3) is 2.96. The molecule has 0 aromatic carbocycles. The van der Waals surface area contributed by atoms with Crippen LogP contribution in [0.25, 0.3) is 0 Å².